The fourth-order valence-electron chi connectivity index (χ4n) is 3.49. The molecule has 1 N–H and O–H groups in total. The van der Waals surface area contributed by atoms with Crippen LogP contribution in [0.5, 0.6) is 11.5 Å². The number of non-ortho nitro benzene ring substituents is 1. The Morgan fingerprint density at radius 1 is 1.08 bits per heavy atom. The van der Waals surface area contributed by atoms with E-state index in [-0.39, 0.29) is 28.3 Å². The van der Waals surface area contributed by atoms with E-state index >= 15 is 0 Å². The predicted molar refractivity (Wildman–Crippen MR) is 137 cm³/mol. The molecule has 0 aliphatic rings. The van der Waals surface area contributed by atoms with E-state index in [1.54, 1.807) is 26.0 Å². The molecular formula is C27H22N4O7. The second kappa shape index (κ2) is 11.6. The van der Waals surface area contributed by atoms with Gasteiger partial charge in [0.25, 0.3) is 11.6 Å². The largest absolute Gasteiger partial charge is 0.490 e. The van der Waals surface area contributed by atoms with Gasteiger partial charge in [0.05, 0.1) is 23.3 Å². The van der Waals surface area contributed by atoms with Crippen molar-refractivity contribution in [2.45, 2.75) is 13.8 Å². The molecule has 0 spiro atoms. The summed E-state index contributed by atoms with van der Waals surface area (Å²) in [6.45, 7) is 3.71. The molecule has 0 aliphatic heterocycles. The monoisotopic (exact) mass is 514 g/mol. The Bertz CT molecular complexity index is 1500. The van der Waals surface area contributed by atoms with Gasteiger partial charge in [0.15, 0.2) is 11.5 Å². The van der Waals surface area contributed by atoms with E-state index in [0.717, 1.165) is 5.56 Å². The van der Waals surface area contributed by atoms with Crippen LogP contribution in [0.25, 0.3) is 11.3 Å². The summed E-state index contributed by atoms with van der Waals surface area (Å²) in [6.07, 6.45) is 1.41. The lowest BCUT2D eigenvalue weighted by Gasteiger charge is -2.11. The third-order valence-electron chi connectivity index (χ3n) is 5.30. The fraction of sp³-hybridized carbons (Fsp3) is 0.111. The van der Waals surface area contributed by atoms with Crippen LogP contribution in [0.2, 0.25) is 0 Å². The number of carbonyl (C=O) groups excluding carboxylic acids is 2. The van der Waals surface area contributed by atoms with E-state index in [4.69, 9.17) is 14.0 Å². The summed E-state index contributed by atoms with van der Waals surface area (Å²) >= 11 is 0. The average molecular weight is 514 g/mol. The standard InChI is InChI=1S/C27H22N4O7/c1-3-36-23-15-18(9-14-22(23)37-27(33)20-10-12-21(13-11-20)31(34)35)16-28-29-26(32)24-17(2)38-30-25(24)19-7-5-4-6-8-19/h4-16H,3H2,1-2H3,(H,29,32). The lowest BCUT2D eigenvalue weighted by atomic mass is 10.1. The van der Waals surface area contributed by atoms with E-state index < -0.39 is 16.8 Å². The molecule has 11 nitrogen and oxygen atoms in total. The Balaban J connectivity index is 1.47. The Hall–Kier alpha value is -5.32. The summed E-state index contributed by atoms with van der Waals surface area (Å²) < 4.78 is 16.3. The van der Waals surface area contributed by atoms with Crippen LogP contribution in [-0.4, -0.2) is 34.8 Å². The Morgan fingerprint density at radius 3 is 2.50 bits per heavy atom. The highest BCUT2D eigenvalue weighted by atomic mass is 16.6. The SMILES string of the molecule is CCOc1cc(C=NNC(=O)c2c(-c3ccccc3)noc2C)ccc1OC(=O)c1ccc([N+](=O)[O-])cc1. The van der Waals surface area contributed by atoms with Crippen LogP contribution >= 0.6 is 0 Å². The first-order valence-electron chi connectivity index (χ1n) is 11.5. The first-order chi connectivity index (χ1) is 18.4. The summed E-state index contributed by atoms with van der Waals surface area (Å²) in [5.74, 6) is -0.400. The van der Waals surface area contributed by atoms with Crippen molar-refractivity contribution >= 4 is 23.8 Å². The highest BCUT2D eigenvalue weighted by Crippen LogP contribution is 2.29. The fourth-order valence-corrected chi connectivity index (χ4v) is 3.49. The number of hydrazone groups is 1. The van der Waals surface area contributed by atoms with Crippen LogP contribution < -0.4 is 14.9 Å². The summed E-state index contributed by atoms with van der Waals surface area (Å²) in [5, 5.41) is 18.8. The number of aryl methyl sites for hydroxylation is 1. The van der Waals surface area contributed by atoms with Crippen molar-refractivity contribution in [1.29, 1.82) is 0 Å². The Labute approximate surface area is 216 Å². The number of hydrogen-bond acceptors (Lipinski definition) is 9. The molecule has 0 atom stereocenters. The molecule has 0 unspecified atom stereocenters. The molecular weight excluding hydrogens is 492 g/mol. The zero-order valence-corrected chi connectivity index (χ0v) is 20.4. The van der Waals surface area contributed by atoms with Gasteiger partial charge in [-0.05, 0) is 49.7 Å². The lowest BCUT2D eigenvalue weighted by molar-refractivity contribution is -0.384. The van der Waals surface area contributed by atoms with E-state index in [1.807, 2.05) is 30.3 Å². The number of nitro groups is 1. The second-order valence-corrected chi connectivity index (χ2v) is 7.86. The van der Waals surface area contributed by atoms with Crippen molar-refractivity contribution in [3.8, 4) is 22.8 Å². The topological polar surface area (TPSA) is 146 Å². The summed E-state index contributed by atoms with van der Waals surface area (Å²) in [6, 6.07) is 19.0. The summed E-state index contributed by atoms with van der Waals surface area (Å²) in [5.41, 5.74) is 4.47. The molecule has 3 aromatic carbocycles. The number of benzene rings is 3. The van der Waals surface area contributed by atoms with E-state index in [0.29, 0.717) is 23.6 Å². The Kier molecular flexibility index (Phi) is 7.87. The van der Waals surface area contributed by atoms with E-state index in [2.05, 4.69) is 15.7 Å². The minimum absolute atomic E-state index is 0.136. The van der Waals surface area contributed by atoms with Gasteiger partial charge in [0.2, 0.25) is 0 Å². The average Bonchev–Trinajstić information content (AvgIpc) is 3.32. The molecule has 0 fully saturated rings. The highest BCUT2D eigenvalue weighted by Gasteiger charge is 2.21. The maximum Gasteiger partial charge on any atom is 0.343 e. The number of nitrogens with one attached hydrogen (secondary N) is 1. The van der Waals surface area contributed by atoms with Crippen LogP contribution in [-0.2, 0) is 0 Å². The van der Waals surface area contributed by atoms with Crippen molar-refractivity contribution in [1.82, 2.24) is 10.6 Å². The minimum atomic E-state index is -0.701. The number of hydrogen-bond donors (Lipinski definition) is 1. The van der Waals surface area contributed by atoms with Crippen LogP contribution in [0.3, 0.4) is 0 Å². The summed E-state index contributed by atoms with van der Waals surface area (Å²) in [4.78, 5) is 35.6. The molecule has 0 saturated heterocycles. The van der Waals surface area contributed by atoms with Crippen molar-refractivity contribution in [3.05, 3.63) is 105 Å². The van der Waals surface area contributed by atoms with Gasteiger partial charge in [-0.15, -0.1) is 0 Å². The van der Waals surface area contributed by atoms with E-state index in [1.165, 1.54) is 36.5 Å². The van der Waals surface area contributed by atoms with Crippen LogP contribution in [0.4, 0.5) is 5.69 Å². The van der Waals surface area contributed by atoms with Gasteiger partial charge in [-0.1, -0.05) is 35.5 Å². The van der Waals surface area contributed by atoms with Crippen LogP contribution in [0.1, 0.15) is 39.0 Å². The van der Waals surface area contributed by atoms with Crippen molar-refractivity contribution in [2.24, 2.45) is 5.10 Å². The van der Waals surface area contributed by atoms with Gasteiger partial charge in [0, 0.05) is 17.7 Å². The minimum Gasteiger partial charge on any atom is -0.490 e. The van der Waals surface area contributed by atoms with Gasteiger partial charge in [0.1, 0.15) is 17.0 Å². The Morgan fingerprint density at radius 2 is 1.82 bits per heavy atom. The van der Waals surface area contributed by atoms with Crippen molar-refractivity contribution in [2.75, 3.05) is 6.61 Å². The lowest BCUT2D eigenvalue weighted by Crippen LogP contribution is -2.18. The number of ether oxygens (including phenoxy) is 2. The molecule has 1 aromatic heterocycles. The third kappa shape index (κ3) is 5.90. The number of nitro benzene ring substituents is 1. The number of carbonyl (C=O) groups is 2. The molecule has 0 saturated carbocycles. The molecule has 4 aromatic rings. The van der Waals surface area contributed by atoms with Gasteiger partial charge in [-0.3, -0.25) is 14.9 Å². The number of amides is 1. The number of esters is 1. The molecule has 192 valence electrons. The number of rotatable bonds is 9. The van der Waals surface area contributed by atoms with Crippen LogP contribution in [0.15, 0.2) is 82.4 Å². The first kappa shape index (κ1) is 25.8. The summed E-state index contributed by atoms with van der Waals surface area (Å²) in [7, 11) is 0. The zero-order chi connectivity index (χ0) is 27.1. The van der Waals surface area contributed by atoms with Gasteiger partial charge in [-0.2, -0.15) is 5.10 Å². The first-order valence-corrected chi connectivity index (χ1v) is 11.5. The highest BCUT2D eigenvalue weighted by molar-refractivity contribution is 6.01. The van der Waals surface area contributed by atoms with Gasteiger partial charge in [-0.25, -0.2) is 10.2 Å². The van der Waals surface area contributed by atoms with Crippen molar-refractivity contribution < 1.29 is 28.5 Å². The molecule has 1 amide bonds. The van der Waals surface area contributed by atoms with Crippen LogP contribution in [0, 0.1) is 17.0 Å². The maximum atomic E-state index is 12.8. The molecule has 38 heavy (non-hydrogen) atoms. The van der Waals surface area contributed by atoms with Crippen molar-refractivity contribution in [3.63, 3.8) is 0 Å². The quantitative estimate of drug-likeness (QED) is 0.109. The van der Waals surface area contributed by atoms with Gasteiger partial charge < -0.3 is 14.0 Å². The predicted octanol–water partition coefficient (Wildman–Crippen LogP) is 4.94. The van der Waals surface area contributed by atoms with E-state index in [9.17, 15) is 19.7 Å². The third-order valence-corrected chi connectivity index (χ3v) is 5.30. The molecule has 4 rings (SSSR count). The maximum absolute atomic E-state index is 12.8. The smallest absolute Gasteiger partial charge is 0.343 e. The molecule has 0 bridgehead atoms. The molecule has 0 radical (unpaired) electrons. The molecule has 11 heteroatoms. The molecule has 0 aliphatic carbocycles. The zero-order valence-electron chi connectivity index (χ0n) is 20.4. The number of aromatic nitrogens is 1. The second-order valence-electron chi connectivity index (χ2n) is 7.86. The molecule has 1 heterocycles. The normalized spacial score (nSPS) is 10.8. The number of nitrogens with zero attached hydrogens (tertiary/aromatic N) is 3. The van der Waals surface area contributed by atoms with Gasteiger partial charge >= 0.3 is 5.97 Å².